The van der Waals surface area contributed by atoms with E-state index in [4.69, 9.17) is 0 Å². The largest absolute Gasteiger partial charge is 0.383 e. The lowest BCUT2D eigenvalue weighted by atomic mass is 10.1. The molecular weight excluding hydrogens is 414 g/mol. The average molecular weight is 470 g/mol. The predicted octanol–water partition coefficient (Wildman–Crippen LogP) is 5.18. The maximum atomic E-state index is 12.1. The van der Waals surface area contributed by atoms with E-state index in [1.807, 2.05) is 0 Å². The van der Waals surface area contributed by atoms with Gasteiger partial charge in [-0.05, 0) is 45.3 Å². The minimum Gasteiger partial charge on any atom is -0.383 e. The Morgan fingerprint density at radius 3 is 1.64 bits per heavy atom. The number of hydrogen-bond donors (Lipinski definition) is 3. The number of carbonyl (C=O) groups is 2. The molecule has 0 aromatic carbocycles. The van der Waals surface area contributed by atoms with E-state index in [2.05, 4.69) is 36.3 Å². The number of nitrogens with one attached hydrogen (secondary N) is 2. The SMILES string of the molecule is CCCCCCCCCCCCNC(=O)CC(O)C(=O)NCCCN(CCCC)CCCC. The van der Waals surface area contributed by atoms with Crippen LogP contribution in [0.5, 0.6) is 0 Å². The van der Waals surface area contributed by atoms with Crippen molar-refractivity contribution in [3.63, 3.8) is 0 Å². The van der Waals surface area contributed by atoms with E-state index in [-0.39, 0.29) is 12.3 Å². The molecule has 0 aromatic heterocycles. The van der Waals surface area contributed by atoms with Gasteiger partial charge in [0, 0.05) is 13.1 Å². The van der Waals surface area contributed by atoms with Gasteiger partial charge in [-0.25, -0.2) is 0 Å². The fraction of sp³-hybridized carbons (Fsp3) is 0.926. The van der Waals surface area contributed by atoms with Crippen LogP contribution in [0.1, 0.15) is 124 Å². The molecular formula is C27H55N3O3. The number of hydrogen-bond acceptors (Lipinski definition) is 4. The van der Waals surface area contributed by atoms with E-state index in [0.717, 1.165) is 38.9 Å². The molecule has 6 nitrogen and oxygen atoms in total. The number of amides is 2. The molecule has 3 N–H and O–H groups in total. The summed E-state index contributed by atoms with van der Waals surface area (Å²) in [5.41, 5.74) is 0. The first-order valence-electron chi connectivity index (χ1n) is 14.0. The number of carbonyl (C=O) groups excluding carboxylic acids is 2. The molecule has 0 heterocycles. The zero-order valence-corrected chi connectivity index (χ0v) is 22.1. The van der Waals surface area contributed by atoms with Crippen molar-refractivity contribution < 1.29 is 14.7 Å². The van der Waals surface area contributed by atoms with E-state index in [9.17, 15) is 14.7 Å². The number of aliphatic hydroxyl groups excluding tert-OH is 1. The third-order valence-corrected chi connectivity index (χ3v) is 6.14. The molecule has 0 rings (SSSR count). The maximum Gasteiger partial charge on any atom is 0.249 e. The molecule has 196 valence electrons. The van der Waals surface area contributed by atoms with Crippen molar-refractivity contribution >= 4 is 11.8 Å². The van der Waals surface area contributed by atoms with Gasteiger partial charge < -0.3 is 20.6 Å². The van der Waals surface area contributed by atoms with Gasteiger partial charge in [0.25, 0.3) is 0 Å². The standard InChI is InChI=1S/C27H55N3O3/c1-4-7-10-11-12-13-14-15-16-17-19-28-26(32)24-25(31)27(33)29-20-18-23-30(21-8-5-2)22-9-6-3/h25,31H,4-24H2,1-3H3,(H,28,32)(H,29,33). The minimum atomic E-state index is -1.27. The molecule has 0 aromatic rings. The summed E-state index contributed by atoms with van der Waals surface area (Å²) in [6.07, 6.45) is 16.8. The Hall–Kier alpha value is -1.14. The van der Waals surface area contributed by atoms with Crippen molar-refractivity contribution in [3.8, 4) is 0 Å². The Bertz CT molecular complexity index is 452. The van der Waals surface area contributed by atoms with Crippen LogP contribution in [0.25, 0.3) is 0 Å². The molecule has 2 amide bonds. The average Bonchev–Trinajstić information content (AvgIpc) is 2.81. The first-order chi connectivity index (χ1) is 16.0. The molecule has 6 heteroatoms. The topological polar surface area (TPSA) is 81.7 Å². The van der Waals surface area contributed by atoms with Crippen molar-refractivity contribution in [2.24, 2.45) is 0 Å². The van der Waals surface area contributed by atoms with Crippen molar-refractivity contribution in [1.29, 1.82) is 0 Å². The highest BCUT2D eigenvalue weighted by Crippen LogP contribution is 2.10. The lowest BCUT2D eigenvalue weighted by molar-refractivity contribution is -0.134. The Kier molecular flexibility index (Phi) is 23.2. The normalized spacial score (nSPS) is 12.2. The van der Waals surface area contributed by atoms with Gasteiger partial charge in [0.2, 0.25) is 11.8 Å². The molecule has 0 aliphatic carbocycles. The highest BCUT2D eigenvalue weighted by Gasteiger charge is 2.18. The Labute approximate surface area is 204 Å². The number of nitrogens with zero attached hydrogens (tertiary/aromatic N) is 1. The van der Waals surface area contributed by atoms with Crippen molar-refractivity contribution in [2.45, 2.75) is 130 Å². The second kappa shape index (κ2) is 24.0. The van der Waals surface area contributed by atoms with E-state index in [1.54, 1.807) is 0 Å². The van der Waals surface area contributed by atoms with Crippen molar-refractivity contribution in [2.75, 3.05) is 32.7 Å². The van der Waals surface area contributed by atoms with Crippen molar-refractivity contribution in [1.82, 2.24) is 15.5 Å². The predicted molar refractivity (Wildman–Crippen MR) is 139 cm³/mol. The van der Waals surface area contributed by atoms with Gasteiger partial charge in [0.15, 0.2) is 0 Å². The van der Waals surface area contributed by atoms with Gasteiger partial charge in [0.1, 0.15) is 6.10 Å². The van der Waals surface area contributed by atoms with Crippen molar-refractivity contribution in [3.05, 3.63) is 0 Å². The molecule has 33 heavy (non-hydrogen) atoms. The van der Waals surface area contributed by atoms with E-state index in [0.29, 0.717) is 13.1 Å². The zero-order chi connectivity index (χ0) is 24.6. The molecule has 0 radical (unpaired) electrons. The van der Waals surface area contributed by atoms with Crippen LogP contribution in [0.15, 0.2) is 0 Å². The summed E-state index contributed by atoms with van der Waals surface area (Å²) in [6, 6.07) is 0. The zero-order valence-electron chi connectivity index (χ0n) is 22.1. The summed E-state index contributed by atoms with van der Waals surface area (Å²) < 4.78 is 0. The summed E-state index contributed by atoms with van der Waals surface area (Å²) >= 11 is 0. The van der Waals surface area contributed by atoms with Crippen LogP contribution in [-0.4, -0.2) is 60.6 Å². The summed E-state index contributed by atoms with van der Waals surface area (Å²) in [7, 11) is 0. The highest BCUT2D eigenvalue weighted by molar-refractivity contribution is 5.87. The fourth-order valence-electron chi connectivity index (χ4n) is 3.91. The number of aliphatic hydroxyl groups is 1. The third kappa shape index (κ3) is 21.2. The van der Waals surface area contributed by atoms with Gasteiger partial charge in [0.05, 0.1) is 6.42 Å². The molecule has 0 spiro atoms. The first-order valence-corrected chi connectivity index (χ1v) is 14.0. The second-order valence-corrected chi connectivity index (χ2v) is 9.45. The molecule has 0 aliphatic rings. The molecule has 1 unspecified atom stereocenters. The maximum absolute atomic E-state index is 12.1. The number of unbranched alkanes of at least 4 members (excludes halogenated alkanes) is 11. The monoisotopic (exact) mass is 469 g/mol. The van der Waals surface area contributed by atoms with Gasteiger partial charge >= 0.3 is 0 Å². The molecule has 1 atom stereocenters. The van der Waals surface area contributed by atoms with Crippen LogP contribution >= 0.6 is 0 Å². The van der Waals surface area contributed by atoms with Crippen LogP contribution in [0.4, 0.5) is 0 Å². The molecule has 0 saturated carbocycles. The van der Waals surface area contributed by atoms with Crippen LogP contribution in [-0.2, 0) is 9.59 Å². The lowest BCUT2D eigenvalue weighted by Crippen LogP contribution is -2.39. The van der Waals surface area contributed by atoms with Gasteiger partial charge in [-0.15, -0.1) is 0 Å². The lowest BCUT2D eigenvalue weighted by Gasteiger charge is -2.22. The summed E-state index contributed by atoms with van der Waals surface area (Å²) in [5.74, 6) is -0.698. The molecule has 0 saturated heterocycles. The Morgan fingerprint density at radius 2 is 1.09 bits per heavy atom. The van der Waals surface area contributed by atoms with Crippen LogP contribution in [0.3, 0.4) is 0 Å². The van der Waals surface area contributed by atoms with Crippen LogP contribution in [0.2, 0.25) is 0 Å². The van der Waals surface area contributed by atoms with Gasteiger partial charge in [-0.1, -0.05) is 91.4 Å². The van der Waals surface area contributed by atoms with Crippen LogP contribution in [0, 0.1) is 0 Å². The Balaban J connectivity index is 3.73. The van der Waals surface area contributed by atoms with Gasteiger partial charge in [-0.2, -0.15) is 0 Å². The second-order valence-electron chi connectivity index (χ2n) is 9.45. The molecule has 0 bridgehead atoms. The Morgan fingerprint density at radius 1 is 0.636 bits per heavy atom. The van der Waals surface area contributed by atoms with E-state index < -0.39 is 12.0 Å². The number of rotatable bonds is 24. The van der Waals surface area contributed by atoms with Gasteiger partial charge in [-0.3, -0.25) is 9.59 Å². The summed E-state index contributed by atoms with van der Waals surface area (Å²) in [5, 5.41) is 15.6. The fourth-order valence-corrected chi connectivity index (χ4v) is 3.91. The summed E-state index contributed by atoms with van der Waals surface area (Å²) in [4.78, 5) is 26.5. The highest BCUT2D eigenvalue weighted by atomic mass is 16.3. The molecule has 0 fully saturated rings. The smallest absolute Gasteiger partial charge is 0.249 e. The van der Waals surface area contributed by atoms with Crippen LogP contribution < -0.4 is 10.6 Å². The van der Waals surface area contributed by atoms with E-state index in [1.165, 1.54) is 77.0 Å². The summed E-state index contributed by atoms with van der Waals surface area (Å²) in [6.45, 7) is 11.0. The third-order valence-electron chi connectivity index (χ3n) is 6.14. The first kappa shape index (κ1) is 31.9. The quantitative estimate of drug-likeness (QED) is 0.170. The minimum absolute atomic E-state index is 0.164. The molecule has 0 aliphatic heterocycles. The van der Waals surface area contributed by atoms with E-state index >= 15 is 0 Å².